The molecule has 5 rings (SSSR count). The summed E-state index contributed by atoms with van der Waals surface area (Å²) in [5.74, 6) is -0.101. The quantitative estimate of drug-likeness (QED) is 0.207. The van der Waals surface area contributed by atoms with Gasteiger partial charge in [-0.1, -0.05) is 34.4 Å². The number of anilines is 1. The lowest BCUT2D eigenvalue weighted by Gasteiger charge is -2.48. The molecule has 200 valence electrons. The molecule has 0 spiro atoms. The van der Waals surface area contributed by atoms with Crippen LogP contribution in [-0.2, 0) is 11.4 Å². The van der Waals surface area contributed by atoms with E-state index >= 15 is 0 Å². The fourth-order valence-electron chi connectivity index (χ4n) is 4.57. The van der Waals surface area contributed by atoms with E-state index in [4.69, 9.17) is 33.7 Å². The summed E-state index contributed by atoms with van der Waals surface area (Å²) in [7, 11) is 1.91. The van der Waals surface area contributed by atoms with Gasteiger partial charge < -0.3 is 9.64 Å². The average molecular weight is 580 g/mol. The lowest BCUT2D eigenvalue weighted by atomic mass is 9.82. The molecular formula is C24H26Cl2FN8O2S+. The molecule has 4 heterocycles. The molecule has 1 aliphatic heterocycles. The first-order valence-electron chi connectivity index (χ1n) is 11.6. The van der Waals surface area contributed by atoms with Crippen molar-refractivity contribution in [3.8, 4) is 17.0 Å². The third-order valence-electron chi connectivity index (χ3n) is 6.44. The molecule has 3 aromatic heterocycles. The predicted octanol–water partition coefficient (Wildman–Crippen LogP) is 4.29. The Morgan fingerprint density at radius 2 is 1.89 bits per heavy atom. The van der Waals surface area contributed by atoms with E-state index in [-0.39, 0.29) is 21.2 Å². The van der Waals surface area contributed by atoms with Gasteiger partial charge in [0.15, 0.2) is 24.1 Å². The molecule has 1 saturated heterocycles. The Kier molecular flexibility index (Phi) is 7.37. The molecule has 14 heteroatoms. The van der Waals surface area contributed by atoms with E-state index in [0.717, 1.165) is 19.6 Å². The molecule has 4 N–H and O–H groups in total. The second-order valence-corrected chi connectivity index (χ2v) is 12.0. The van der Waals surface area contributed by atoms with Gasteiger partial charge in [-0.2, -0.15) is 9.65 Å². The predicted molar refractivity (Wildman–Crippen MR) is 148 cm³/mol. The van der Waals surface area contributed by atoms with Crippen LogP contribution in [0.2, 0.25) is 10.0 Å². The van der Waals surface area contributed by atoms with E-state index in [1.807, 2.05) is 11.4 Å². The van der Waals surface area contributed by atoms with E-state index in [9.17, 15) is 8.94 Å². The number of hydrogen-bond donors (Lipinski definition) is 3. The van der Waals surface area contributed by atoms with E-state index in [1.54, 1.807) is 18.6 Å². The highest BCUT2D eigenvalue weighted by Gasteiger charge is 2.43. The first kappa shape index (κ1) is 26.9. The summed E-state index contributed by atoms with van der Waals surface area (Å²) in [5.41, 5.74) is 8.16. The molecule has 38 heavy (non-hydrogen) atoms. The molecule has 4 aromatic rings. The number of benzene rings is 1. The minimum absolute atomic E-state index is 0.0468. The SMILES string of the molecule is CN(CC1(C)CN(c2ncc(-c3n[nH]c4cc(F)c(O[C@H](N)c5c(Cl)cncc5Cl)cc34)cn2)C1)[S+](C)O. The normalized spacial score (nSPS) is 16.5. The van der Waals surface area contributed by atoms with Crippen molar-refractivity contribution in [3.63, 3.8) is 0 Å². The van der Waals surface area contributed by atoms with Gasteiger partial charge in [-0.15, -0.1) is 0 Å². The number of nitrogens with two attached hydrogens (primary N) is 1. The monoisotopic (exact) mass is 579 g/mol. The first-order valence-corrected chi connectivity index (χ1v) is 13.9. The van der Waals surface area contributed by atoms with Crippen LogP contribution in [0, 0.1) is 11.2 Å². The summed E-state index contributed by atoms with van der Waals surface area (Å²) in [6, 6.07) is 2.80. The van der Waals surface area contributed by atoms with Crippen LogP contribution >= 0.6 is 23.2 Å². The van der Waals surface area contributed by atoms with Crippen molar-refractivity contribution in [2.24, 2.45) is 11.1 Å². The van der Waals surface area contributed by atoms with Gasteiger partial charge in [-0.05, 0) is 6.07 Å². The van der Waals surface area contributed by atoms with Crippen molar-refractivity contribution in [3.05, 3.63) is 58.3 Å². The Hall–Kier alpha value is -2.74. The molecule has 0 amide bonds. The summed E-state index contributed by atoms with van der Waals surface area (Å²) in [4.78, 5) is 15.0. The number of nitrogens with zero attached hydrogens (tertiary/aromatic N) is 6. The molecule has 0 saturated carbocycles. The second kappa shape index (κ2) is 10.4. The fourth-order valence-corrected chi connectivity index (χ4v) is 5.65. The summed E-state index contributed by atoms with van der Waals surface area (Å²) in [6.07, 6.45) is 6.80. The Morgan fingerprint density at radius 1 is 1.24 bits per heavy atom. The number of pyridine rings is 1. The summed E-state index contributed by atoms with van der Waals surface area (Å²) in [5, 5.41) is 8.22. The molecular weight excluding hydrogens is 554 g/mol. The van der Waals surface area contributed by atoms with Gasteiger partial charge in [0.05, 0.1) is 22.1 Å². The minimum atomic E-state index is -1.12. The smallest absolute Gasteiger partial charge is 0.233 e. The van der Waals surface area contributed by atoms with Crippen molar-refractivity contribution in [2.75, 3.05) is 37.8 Å². The van der Waals surface area contributed by atoms with Gasteiger partial charge in [-0.25, -0.2) is 14.4 Å². The maximum absolute atomic E-state index is 14.8. The lowest BCUT2D eigenvalue weighted by Crippen LogP contribution is -2.60. The Bertz CT molecular complexity index is 1450. The number of aromatic nitrogens is 5. The number of hydrogen-bond acceptors (Lipinski definition) is 9. The topological polar surface area (TPSA) is 129 Å². The van der Waals surface area contributed by atoms with Crippen molar-refractivity contribution >= 4 is 51.4 Å². The first-order chi connectivity index (χ1) is 18.0. The van der Waals surface area contributed by atoms with E-state index in [2.05, 4.69) is 37.0 Å². The van der Waals surface area contributed by atoms with Crippen LogP contribution in [0.15, 0.2) is 36.9 Å². The maximum Gasteiger partial charge on any atom is 0.233 e. The lowest BCUT2D eigenvalue weighted by molar-refractivity contribution is 0.197. The largest absolute Gasteiger partial charge is 0.468 e. The van der Waals surface area contributed by atoms with E-state index in [1.165, 1.54) is 24.5 Å². The molecule has 1 aliphatic rings. The highest BCUT2D eigenvalue weighted by atomic mass is 35.5. The zero-order valence-electron chi connectivity index (χ0n) is 20.8. The van der Waals surface area contributed by atoms with Gasteiger partial charge in [0.2, 0.25) is 17.3 Å². The Balaban J connectivity index is 1.35. The number of rotatable bonds is 8. The van der Waals surface area contributed by atoms with Crippen LogP contribution in [0.4, 0.5) is 10.3 Å². The Morgan fingerprint density at radius 3 is 2.53 bits per heavy atom. The van der Waals surface area contributed by atoms with Gasteiger partial charge in [0, 0.05) is 72.9 Å². The number of nitrogens with one attached hydrogen (secondary N) is 1. The zero-order valence-corrected chi connectivity index (χ0v) is 23.1. The number of aromatic amines is 1. The molecule has 0 bridgehead atoms. The van der Waals surface area contributed by atoms with Crippen LogP contribution in [0.1, 0.15) is 18.7 Å². The average Bonchev–Trinajstić information content (AvgIpc) is 3.25. The molecule has 1 fully saturated rings. The van der Waals surface area contributed by atoms with Crippen molar-refractivity contribution in [1.82, 2.24) is 29.5 Å². The highest BCUT2D eigenvalue weighted by molar-refractivity contribution is 7.88. The van der Waals surface area contributed by atoms with Crippen LogP contribution in [0.25, 0.3) is 22.2 Å². The van der Waals surface area contributed by atoms with Crippen molar-refractivity contribution in [1.29, 1.82) is 0 Å². The summed E-state index contributed by atoms with van der Waals surface area (Å²) in [6.45, 7) is 4.52. The molecule has 0 radical (unpaired) electrons. The van der Waals surface area contributed by atoms with E-state index in [0.29, 0.717) is 33.7 Å². The third kappa shape index (κ3) is 5.24. The third-order valence-corrected chi connectivity index (χ3v) is 8.07. The van der Waals surface area contributed by atoms with Crippen LogP contribution < -0.4 is 15.4 Å². The van der Waals surface area contributed by atoms with Crippen LogP contribution in [-0.4, -0.2) is 66.9 Å². The summed E-state index contributed by atoms with van der Waals surface area (Å²) < 4.78 is 32.3. The Labute approximate surface area is 231 Å². The molecule has 0 aliphatic carbocycles. The maximum atomic E-state index is 14.8. The molecule has 1 aromatic carbocycles. The zero-order chi connectivity index (χ0) is 27.2. The van der Waals surface area contributed by atoms with Crippen molar-refractivity contribution < 1.29 is 13.7 Å². The summed E-state index contributed by atoms with van der Waals surface area (Å²) >= 11 is 11.6. The van der Waals surface area contributed by atoms with Crippen LogP contribution in [0.3, 0.4) is 0 Å². The van der Waals surface area contributed by atoms with Gasteiger partial charge in [0.25, 0.3) is 0 Å². The number of fused-ring (bicyclic) bond motifs is 1. The van der Waals surface area contributed by atoms with E-state index < -0.39 is 23.4 Å². The molecule has 10 nitrogen and oxygen atoms in total. The standard InChI is InChI=1S/C24H26Cl2FN8O2S/c1-24(10-34(2)38(3)36)11-35(12-24)23-30-6-13(7-31-23)21-14-4-19(17(27)5-18(14)32-33-21)37-22(28)20-15(25)8-29-9-16(20)26/h4-9,22,36H,10-12,28H2,1-3H3,(H,32,33)/q+1/t22-,38?/m0/s1. The van der Waals surface area contributed by atoms with Crippen molar-refractivity contribution in [2.45, 2.75) is 13.2 Å². The second-order valence-electron chi connectivity index (χ2n) is 9.63. The minimum Gasteiger partial charge on any atom is -0.468 e. The molecule has 1 unspecified atom stereocenters. The van der Waals surface area contributed by atoms with Gasteiger partial charge in [0.1, 0.15) is 5.69 Å². The van der Waals surface area contributed by atoms with Crippen LogP contribution in [0.5, 0.6) is 5.75 Å². The molecule has 2 atom stereocenters. The fraction of sp³-hybridized carbons (Fsp3) is 0.333. The number of halogens is 3. The van der Waals surface area contributed by atoms with Gasteiger partial charge >= 0.3 is 0 Å². The number of H-pyrrole nitrogens is 1. The van der Waals surface area contributed by atoms with Gasteiger partial charge in [-0.3, -0.25) is 15.8 Å². The highest BCUT2D eigenvalue weighted by Crippen LogP contribution is 2.36. The number of ether oxygens (including phenoxy) is 1.